The van der Waals surface area contributed by atoms with Crippen molar-refractivity contribution in [2.75, 3.05) is 20.3 Å². The lowest BCUT2D eigenvalue weighted by atomic mass is 10.1. The van der Waals surface area contributed by atoms with E-state index in [2.05, 4.69) is 10.6 Å². The minimum Gasteiger partial charge on any atom is -0.493 e. The maximum Gasteiger partial charge on any atom is 0.258 e. The molecule has 1 aromatic carbocycles. The lowest BCUT2D eigenvalue weighted by Gasteiger charge is -2.21. The number of rotatable bonds is 7. The molecule has 6 heteroatoms. The van der Waals surface area contributed by atoms with E-state index in [9.17, 15) is 4.79 Å². The molecule has 0 aromatic heterocycles. The number of hydrogen-bond acceptors (Lipinski definition) is 4. The Morgan fingerprint density at radius 1 is 1.27 bits per heavy atom. The number of carbonyl (C=O) groups is 1. The van der Waals surface area contributed by atoms with E-state index in [1.54, 1.807) is 13.2 Å². The Morgan fingerprint density at radius 2 is 1.95 bits per heavy atom. The van der Waals surface area contributed by atoms with Crippen molar-refractivity contribution in [2.24, 2.45) is 0 Å². The molecule has 1 aromatic rings. The van der Waals surface area contributed by atoms with Crippen LogP contribution in [0.5, 0.6) is 11.5 Å². The van der Waals surface area contributed by atoms with E-state index in [0.717, 1.165) is 12.1 Å². The summed E-state index contributed by atoms with van der Waals surface area (Å²) in [5, 5.41) is 6.62. The van der Waals surface area contributed by atoms with Crippen LogP contribution in [0, 0.1) is 0 Å². The highest BCUT2D eigenvalue weighted by Crippen LogP contribution is 2.33. The maximum absolute atomic E-state index is 11.8. The number of benzene rings is 1. The number of carbonyl (C=O) groups excluding carboxylic acids is 1. The quantitative estimate of drug-likeness (QED) is 0.808. The van der Waals surface area contributed by atoms with Crippen LogP contribution in [0.1, 0.15) is 33.3 Å². The van der Waals surface area contributed by atoms with Gasteiger partial charge in [0, 0.05) is 23.2 Å². The average molecular weight is 329 g/mol. The van der Waals surface area contributed by atoms with E-state index < -0.39 is 0 Å². The second kappa shape index (κ2) is 8.25. The summed E-state index contributed by atoms with van der Waals surface area (Å²) in [6, 6.07) is 3.50. The maximum atomic E-state index is 11.8. The van der Waals surface area contributed by atoms with Crippen LogP contribution in [0.25, 0.3) is 0 Å². The highest BCUT2D eigenvalue weighted by molar-refractivity contribution is 6.31. The van der Waals surface area contributed by atoms with Crippen LogP contribution in [0.4, 0.5) is 0 Å². The molecular formula is C16H25ClN2O3. The van der Waals surface area contributed by atoms with Crippen molar-refractivity contribution < 1.29 is 14.3 Å². The van der Waals surface area contributed by atoms with Gasteiger partial charge in [-0.05, 0) is 38.9 Å². The Morgan fingerprint density at radius 3 is 2.50 bits per heavy atom. The fourth-order valence-corrected chi connectivity index (χ4v) is 2.06. The number of ether oxygens (including phenoxy) is 2. The third-order valence-electron chi connectivity index (χ3n) is 2.77. The first-order valence-electron chi connectivity index (χ1n) is 7.27. The van der Waals surface area contributed by atoms with Crippen molar-refractivity contribution in [3.05, 3.63) is 22.7 Å². The summed E-state index contributed by atoms with van der Waals surface area (Å²) >= 11 is 6.24. The molecule has 0 aliphatic carbocycles. The van der Waals surface area contributed by atoms with Gasteiger partial charge in [0.1, 0.15) is 0 Å². The van der Waals surface area contributed by atoms with E-state index in [-0.39, 0.29) is 18.1 Å². The highest BCUT2D eigenvalue weighted by Gasteiger charge is 2.16. The first kappa shape index (κ1) is 18.6. The van der Waals surface area contributed by atoms with Crippen molar-refractivity contribution in [1.29, 1.82) is 0 Å². The molecule has 0 atom stereocenters. The zero-order valence-electron chi connectivity index (χ0n) is 13.9. The van der Waals surface area contributed by atoms with Crippen LogP contribution >= 0.6 is 11.6 Å². The highest BCUT2D eigenvalue weighted by atomic mass is 35.5. The molecule has 124 valence electrons. The van der Waals surface area contributed by atoms with Crippen molar-refractivity contribution >= 4 is 17.5 Å². The van der Waals surface area contributed by atoms with Gasteiger partial charge in [0.2, 0.25) is 0 Å². The number of nitrogens with one attached hydrogen (secondary N) is 2. The van der Waals surface area contributed by atoms with E-state index >= 15 is 0 Å². The van der Waals surface area contributed by atoms with Gasteiger partial charge < -0.3 is 20.1 Å². The Labute approximate surface area is 137 Å². The van der Waals surface area contributed by atoms with Gasteiger partial charge in [-0.1, -0.05) is 18.5 Å². The average Bonchev–Trinajstić information content (AvgIpc) is 2.42. The van der Waals surface area contributed by atoms with Gasteiger partial charge in [-0.3, -0.25) is 4.79 Å². The number of amides is 1. The lowest BCUT2D eigenvalue weighted by Crippen LogP contribution is -2.43. The number of hydrogen-bond donors (Lipinski definition) is 2. The molecule has 1 amide bonds. The molecule has 0 radical (unpaired) electrons. The molecule has 0 unspecified atom stereocenters. The summed E-state index contributed by atoms with van der Waals surface area (Å²) in [4.78, 5) is 11.8. The Balaban J connectivity index is 2.78. The lowest BCUT2D eigenvalue weighted by molar-refractivity contribution is -0.124. The monoisotopic (exact) mass is 328 g/mol. The molecular weight excluding hydrogens is 304 g/mol. The van der Waals surface area contributed by atoms with Crippen LogP contribution in [0.3, 0.4) is 0 Å². The van der Waals surface area contributed by atoms with Gasteiger partial charge in [-0.15, -0.1) is 0 Å². The molecule has 0 aliphatic heterocycles. The topological polar surface area (TPSA) is 59.6 Å². The number of methoxy groups -OCH3 is 1. The zero-order chi connectivity index (χ0) is 16.8. The van der Waals surface area contributed by atoms with Crippen LogP contribution in [-0.4, -0.2) is 31.7 Å². The minimum atomic E-state index is -0.294. The Kier molecular flexibility index (Phi) is 6.97. The van der Waals surface area contributed by atoms with E-state index in [4.69, 9.17) is 21.1 Å². The normalized spacial score (nSPS) is 11.2. The van der Waals surface area contributed by atoms with Crippen LogP contribution in [-0.2, 0) is 11.3 Å². The van der Waals surface area contributed by atoms with Gasteiger partial charge in [0.25, 0.3) is 5.91 Å². The zero-order valence-corrected chi connectivity index (χ0v) is 14.6. The smallest absolute Gasteiger partial charge is 0.258 e. The molecule has 0 bridgehead atoms. The first-order valence-corrected chi connectivity index (χ1v) is 7.65. The van der Waals surface area contributed by atoms with Crippen molar-refractivity contribution in [3.8, 4) is 11.5 Å². The summed E-state index contributed by atoms with van der Waals surface area (Å²) in [6.45, 7) is 9.18. The van der Waals surface area contributed by atoms with Crippen molar-refractivity contribution in [2.45, 2.75) is 39.8 Å². The molecule has 0 heterocycles. The van der Waals surface area contributed by atoms with Crippen molar-refractivity contribution in [1.82, 2.24) is 10.6 Å². The third-order valence-corrected chi connectivity index (χ3v) is 3.12. The van der Waals surface area contributed by atoms with Gasteiger partial charge in [0.05, 0.1) is 7.11 Å². The summed E-state index contributed by atoms with van der Waals surface area (Å²) < 4.78 is 10.8. The van der Waals surface area contributed by atoms with Gasteiger partial charge in [-0.25, -0.2) is 0 Å². The summed E-state index contributed by atoms with van der Waals surface area (Å²) in [5.74, 6) is 0.820. The molecule has 0 aliphatic rings. The molecule has 5 nitrogen and oxygen atoms in total. The third kappa shape index (κ3) is 6.12. The minimum absolute atomic E-state index is 0.0868. The number of halogens is 1. The predicted octanol–water partition coefficient (Wildman–Crippen LogP) is 2.75. The summed E-state index contributed by atoms with van der Waals surface area (Å²) in [7, 11) is 1.56. The van der Waals surface area contributed by atoms with Gasteiger partial charge in [0.15, 0.2) is 18.1 Å². The standard InChI is InChI=1S/C16H25ClN2O3/c1-6-18-9-11-7-13(21-5)14(8-12(11)17)22-10-15(20)19-16(2,3)4/h7-8,18H,6,9-10H2,1-5H3,(H,19,20). The molecule has 0 fully saturated rings. The van der Waals surface area contributed by atoms with Gasteiger partial charge in [-0.2, -0.15) is 0 Å². The fourth-order valence-electron chi connectivity index (χ4n) is 1.84. The van der Waals surface area contributed by atoms with Gasteiger partial charge >= 0.3 is 0 Å². The van der Waals surface area contributed by atoms with E-state index in [0.29, 0.717) is 23.1 Å². The van der Waals surface area contributed by atoms with Crippen LogP contribution < -0.4 is 20.1 Å². The summed E-state index contributed by atoms with van der Waals surface area (Å²) in [6.07, 6.45) is 0. The SMILES string of the molecule is CCNCc1cc(OC)c(OCC(=O)NC(C)(C)C)cc1Cl. The molecule has 0 spiro atoms. The predicted molar refractivity (Wildman–Crippen MR) is 88.8 cm³/mol. The second-order valence-electron chi connectivity index (χ2n) is 5.96. The van der Waals surface area contributed by atoms with E-state index in [1.165, 1.54) is 0 Å². The molecule has 22 heavy (non-hydrogen) atoms. The fraction of sp³-hybridized carbons (Fsp3) is 0.562. The molecule has 0 saturated heterocycles. The Hall–Kier alpha value is -1.46. The first-order chi connectivity index (χ1) is 10.3. The van der Waals surface area contributed by atoms with Crippen LogP contribution in [0.15, 0.2) is 12.1 Å². The molecule has 0 saturated carbocycles. The van der Waals surface area contributed by atoms with Crippen molar-refractivity contribution in [3.63, 3.8) is 0 Å². The summed E-state index contributed by atoms with van der Waals surface area (Å²) in [5.41, 5.74) is 0.629. The molecule has 2 N–H and O–H groups in total. The Bertz CT molecular complexity index is 513. The van der Waals surface area contributed by atoms with Crippen LogP contribution in [0.2, 0.25) is 5.02 Å². The van der Waals surface area contributed by atoms with E-state index in [1.807, 2.05) is 33.8 Å². The largest absolute Gasteiger partial charge is 0.493 e. The molecule has 1 rings (SSSR count). The second-order valence-corrected chi connectivity index (χ2v) is 6.37.